The van der Waals surface area contributed by atoms with Gasteiger partial charge in [-0.25, -0.2) is 0 Å². The molecule has 0 atom stereocenters. The molecule has 0 amide bonds. The van der Waals surface area contributed by atoms with Crippen LogP contribution in [0.2, 0.25) is 0 Å². The molecule has 0 spiro atoms. The Morgan fingerprint density at radius 3 is 3.08 bits per heavy atom. The van der Waals surface area contributed by atoms with Gasteiger partial charge in [0.15, 0.2) is 5.75 Å². The van der Waals surface area contributed by atoms with Crippen LogP contribution in [0.1, 0.15) is 5.69 Å². The van der Waals surface area contributed by atoms with E-state index in [1.165, 1.54) is 0 Å². The second kappa shape index (κ2) is 2.42. The Hall–Kier alpha value is -1.64. The molecular weight excluding hydrogens is 164 g/mol. The fourth-order valence-corrected chi connectivity index (χ4v) is 1.64. The molecule has 0 unspecified atom stereocenters. The van der Waals surface area contributed by atoms with Gasteiger partial charge in [0.05, 0.1) is 12.1 Å². The summed E-state index contributed by atoms with van der Waals surface area (Å²) < 4.78 is 5.51. The van der Waals surface area contributed by atoms with Crippen molar-refractivity contribution in [1.82, 2.24) is 10.2 Å². The van der Waals surface area contributed by atoms with Crippen LogP contribution in [0.4, 0.5) is 0 Å². The summed E-state index contributed by atoms with van der Waals surface area (Å²) in [6.07, 6.45) is 0.882. The van der Waals surface area contributed by atoms with E-state index < -0.39 is 0 Å². The highest BCUT2D eigenvalue weighted by Crippen LogP contribution is 2.30. The van der Waals surface area contributed by atoms with Crippen LogP contribution in [0.15, 0.2) is 24.3 Å². The Bertz CT molecular complexity index is 467. The van der Waals surface area contributed by atoms with Crippen LogP contribution in [0, 0.1) is 0 Å². The number of nitrogens with zero attached hydrogens (tertiary/aromatic N) is 2. The number of benzene rings is 1. The Kier molecular flexibility index (Phi) is 1.27. The Labute approximate surface area is 75.4 Å². The van der Waals surface area contributed by atoms with Crippen molar-refractivity contribution in [1.29, 1.82) is 0 Å². The van der Waals surface area contributed by atoms with Crippen LogP contribution in [-0.2, 0) is 6.42 Å². The molecule has 3 heteroatoms. The van der Waals surface area contributed by atoms with Crippen molar-refractivity contribution >= 4 is 10.9 Å². The zero-order chi connectivity index (χ0) is 8.67. The third-order valence-corrected chi connectivity index (χ3v) is 2.27. The van der Waals surface area contributed by atoms with Crippen LogP contribution >= 0.6 is 0 Å². The van der Waals surface area contributed by atoms with E-state index in [0.717, 1.165) is 35.4 Å². The van der Waals surface area contributed by atoms with Gasteiger partial charge in [-0.2, -0.15) is 5.10 Å². The average molecular weight is 172 g/mol. The summed E-state index contributed by atoms with van der Waals surface area (Å²) >= 11 is 0. The molecule has 0 saturated heterocycles. The highest BCUT2D eigenvalue weighted by molar-refractivity contribution is 5.85. The molecule has 1 aliphatic rings. The minimum absolute atomic E-state index is 0.734. The van der Waals surface area contributed by atoms with Crippen LogP contribution in [0.25, 0.3) is 10.9 Å². The molecule has 0 saturated carbocycles. The monoisotopic (exact) mass is 172 g/mol. The summed E-state index contributed by atoms with van der Waals surface area (Å²) in [6.45, 7) is 0.734. The lowest BCUT2D eigenvalue weighted by molar-refractivity contribution is 0.360. The van der Waals surface area contributed by atoms with Crippen LogP contribution in [0.3, 0.4) is 0 Å². The molecule has 64 valence electrons. The van der Waals surface area contributed by atoms with Gasteiger partial charge in [-0.05, 0) is 12.1 Å². The number of hydrogen-bond acceptors (Lipinski definition) is 3. The summed E-state index contributed by atoms with van der Waals surface area (Å²) in [5.74, 6) is 0.922. The minimum Gasteiger partial charge on any atom is -0.490 e. The fraction of sp³-hybridized carbons (Fsp3) is 0.200. The first-order chi connectivity index (χ1) is 6.45. The quantitative estimate of drug-likeness (QED) is 0.605. The average Bonchev–Trinajstić information content (AvgIpc) is 2.65. The normalized spacial score (nSPS) is 14.2. The van der Waals surface area contributed by atoms with Gasteiger partial charge in [0, 0.05) is 11.8 Å². The zero-order valence-corrected chi connectivity index (χ0v) is 7.03. The molecule has 13 heavy (non-hydrogen) atoms. The van der Waals surface area contributed by atoms with Gasteiger partial charge >= 0.3 is 0 Å². The lowest BCUT2D eigenvalue weighted by Gasteiger charge is -2.01. The summed E-state index contributed by atoms with van der Waals surface area (Å²) in [7, 11) is 0. The molecule has 0 N–H and O–H groups in total. The van der Waals surface area contributed by atoms with E-state index >= 15 is 0 Å². The number of rotatable bonds is 0. The molecule has 0 aliphatic carbocycles. The maximum absolute atomic E-state index is 5.51. The van der Waals surface area contributed by atoms with Crippen molar-refractivity contribution in [2.75, 3.05) is 6.61 Å². The van der Waals surface area contributed by atoms with Crippen LogP contribution in [-0.4, -0.2) is 16.8 Å². The van der Waals surface area contributed by atoms with E-state index in [4.69, 9.17) is 4.74 Å². The standard InChI is InChI=1S/C10H8N2O/c1-2-4-8-7(3-1)10-9(12-11-8)5-6-13-10/h1-4H,5-6H2. The van der Waals surface area contributed by atoms with Crippen molar-refractivity contribution < 1.29 is 4.74 Å². The zero-order valence-electron chi connectivity index (χ0n) is 7.03. The lowest BCUT2D eigenvalue weighted by atomic mass is 10.2. The predicted molar refractivity (Wildman–Crippen MR) is 48.7 cm³/mol. The van der Waals surface area contributed by atoms with E-state index in [1.807, 2.05) is 24.3 Å². The van der Waals surface area contributed by atoms with Gasteiger partial charge in [0.2, 0.25) is 0 Å². The summed E-state index contributed by atoms with van der Waals surface area (Å²) in [6, 6.07) is 7.92. The highest BCUT2D eigenvalue weighted by atomic mass is 16.5. The molecular formula is C10H8N2O. The summed E-state index contributed by atoms with van der Waals surface area (Å²) in [4.78, 5) is 0. The van der Waals surface area contributed by atoms with Crippen molar-refractivity contribution in [2.45, 2.75) is 6.42 Å². The number of fused-ring (bicyclic) bond motifs is 3. The first kappa shape index (κ1) is 6.83. The number of aromatic nitrogens is 2. The lowest BCUT2D eigenvalue weighted by Crippen LogP contribution is -1.89. The second-order valence-electron chi connectivity index (χ2n) is 3.09. The van der Waals surface area contributed by atoms with Crippen LogP contribution < -0.4 is 4.74 Å². The molecule has 1 aromatic carbocycles. The van der Waals surface area contributed by atoms with Crippen molar-refractivity contribution in [2.24, 2.45) is 0 Å². The topological polar surface area (TPSA) is 35.0 Å². The first-order valence-electron chi connectivity index (χ1n) is 4.32. The van der Waals surface area contributed by atoms with E-state index in [0.29, 0.717) is 0 Å². The van der Waals surface area contributed by atoms with Gasteiger partial charge < -0.3 is 4.74 Å². The molecule has 1 aromatic heterocycles. The molecule has 0 fully saturated rings. The van der Waals surface area contributed by atoms with Gasteiger partial charge in [0.25, 0.3) is 0 Å². The minimum atomic E-state index is 0.734. The Morgan fingerprint density at radius 2 is 2.08 bits per heavy atom. The predicted octanol–water partition coefficient (Wildman–Crippen LogP) is 1.56. The summed E-state index contributed by atoms with van der Waals surface area (Å²) in [5, 5.41) is 9.31. The number of hydrogen-bond donors (Lipinski definition) is 0. The SMILES string of the molecule is c1ccc2c3c(nnc2c1)CCO3. The third-order valence-electron chi connectivity index (χ3n) is 2.27. The molecule has 1 aliphatic heterocycles. The van der Waals surface area contributed by atoms with Gasteiger partial charge in [0.1, 0.15) is 5.69 Å². The van der Waals surface area contributed by atoms with Gasteiger partial charge in [-0.1, -0.05) is 12.1 Å². The van der Waals surface area contributed by atoms with Gasteiger partial charge in [-0.3, -0.25) is 0 Å². The molecule has 3 nitrogen and oxygen atoms in total. The maximum atomic E-state index is 5.51. The molecule has 2 heterocycles. The smallest absolute Gasteiger partial charge is 0.152 e. The Morgan fingerprint density at radius 1 is 1.15 bits per heavy atom. The summed E-state index contributed by atoms with van der Waals surface area (Å²) in [5.41, 5.74) is 1.89. The molecule has 2 aromatic rings. The Balaban J connectivity index is 2.43. The second-order valence-corrected chi connectivity index (χ2v) is 3.09. The maximum Gasteiger partial charge on any atom is 0.152 e. The largest absolute Gasteiger partial charge is 0.490 e. The van der Waals surface area contributed by atoms with Crippen molar-refractivity contribution in [3.63, 3.8) is 0 Å². The fourth-order valence-electron chi connectivity index (χ4n) is 1.64. The number of ether oxygens (including phenoxy) is 1. The van der Waals surface area contributed by atoms with E-state index in [-0.39, 0.29) is 0 Å². The van der Waals surface area contributed by atoms with Crippen molar-refractivity contribution in [3.8, 4) is 5.75 Å². The van der Waals surface area contributed by atoms with Crippen LogP contribution in [0.5, 0.6) is 5.75 Å². The third kappa shape index (κ3) is 0.900. The molecule has 3 rings (SSSR count). The van der Waals surface area contributed by atoms with E-state index in [2.05, 4.69) is 10.2 Å². The molecule has 0 radical (unpaired) electrons. The van der Waals surface area contributed by atoms with Gasteiger partial charge in [-0.15, -0.1) is 5.10 Å². The van der Waals surface area contributed by atoms with Crippen molar-refractivity contribution in [3.05, 3.63) is 30.0 Å². The van der Waals surface area contributed by atoms with E-state index in [9.17, 15) is 0 Å². The molecule has 0 bridgehead atoms. The highest BCUT2D eigenvalue weighted by Gasteiger charge is 2.16. The first-order valence-corrected chi connectivity index (χ1v) is 4.32. The van der Waals surface area contributed by atoms with E-state index in [1.54, 1.807) is 0 Å².